The van der Waals surface area contributed by atoms with E-state index in [2.05, 4.69) is 64.6 Å². The summed E-state index contributed by atoms with van der Waals surface area (Å²) in [4.78, 5) is 6.83. The lowest BCUT2D eigenvalue weighted by Crippen LogP contribution is -2.40. The van der Waals surface area contributed by atoms with E-state index in [9.17, 15) is 0 Å². The summed E-state index contributed by atoms with van der Waals surface area (Å²) >= 11 is 0. The molecule has 0 amide bonds. The van der Waals surface area contributed by atoms with Gasteiger partial charge in [0.05, 0.1) is 12.8 Å². The van der Waals surface area contributed by atoms with Crippen LogP contribution in [0.1, 0.15) is 37.3 Å². The van der Waals surface area contributed by atoms with Crippen molar-refractivity contribution >= 4 is 29.9 Å². The van der Waals surface area contributed by atoms with Crippen molar-refractivity contribution in [2.75, 3.05) is 33.3 Å². The molecular formula is C22H34IN5O. The molecule has 1 N–H and O–H groups in total. The minimum absolute atomic E-state index is 0. The zero-order valence-electron chi connectivity index (χ0n) is 18.0. The van der Waals surface area contributed by atoms with Crippen LogP contribution >= 0.6 is 24.0 Å². The van der Waals surface area contributed by atoms with Gasteiger partial charge in [-0.3, -0.25) is 9.67 Å². The molecule has 7 heteroatoms. The van der Waals surface area contributed by atoms with Crippen molar-refractivity contribution in [1.82, 2.24) is 20.0 Å². The zero-order chi connectivity index (χ0) is 19.9. The molecule has 0 bridgehead atoms. The largest absolute Gasteiger partial charge is 0.493 e. The van der Waals surface area contributed by atoms with E-state index in [0.29, 0.717) is 11.8 Å². The molecule has 1 aromatic heterocycles. The van der Waals surface area contributed by atoms with Gasteiger partial charge in [0.15, 0.2) is 5.96 Å². The molecule has 0 spiro atoms. The molecule has 3 rings (SSSR count). The minimum Gasteiger partial charge on any atom is -0.493 e. The van der Waals surface area contributed by atoms with Crippen molar-refractivity contribution in [3.05, 3.63) is 47.8 Å². The summed E-state index contributed by atoms with van der Waals surface area (Å²) in [5.74, 6) is 3.01. The molecule has 1 atom stereocenters. The van der Waals surface area contributed by atoms with Crippen molar-refractivity contribution in [2.45, 2.75) is 32.6 Å². The van der Waals surface area contributed by atoms with Crippen LogP contribution < -0.4 is 10.1 Å². The standard InChI is InChI=1S/C22H33N5O.HI/c1-17(2)16-28-21-7-5-18(6-8-21)9-11-24-22(23-3)27-12-10-19(15-27)20-13-25-26(4)14-20;/h5-8,13-14,17,19H,9-12,15-16H2,1-4H3,(H,23,24);1H. The molecular weight excluding hydrogens is 477 g/mol. The lowest BCUT2D eigenvalue weighted by molar-refractivity contribution is 0.271. The van der Waals surface area contributed by atoms with E-state index in [4.69, 9.17) is 4.74 Å². The molecule has 29 heavy (non-hydrogen) atoms. The summed E-state index contributed by atoms with van der Waals surface area (Å²) in [6.45, 7) is 7.97. The molecule has 1 aliphatic rings. The first-order valence-corrected chi connectivity index (χ1v) is 10.2. The Balaban J connectivity index is 0.00000300. The van der Waals surface area contributed by atoms with Crippen molar-refractivity contribution in [3.8, 4) is 5.75 Å². The van der Waals surface area contributed by atoms with Gasteiger partial charge in [0.25, 0.3) is 0 Å². The van der Waals surface area contributed by atoms with Gasteiger partial charge in [0, 0.05) is 45.8 Å². The number of hydrogen-bond donors (Lipinski definition) is 1. The molecule has 1 aromatic carbocycles. The zero-order valence-corrected chi connectivity index (χ0v) is 20.3. The first-order valence-electron chi connectivity index (χ1n) is 10.2. The van der Waals surface area contributed by atoms with Gasteiger partial charge in [0.2, 0.25) is 0 Å². The highest BCUT2D eigenvalue weighted by Crippen LogP contribution is 2.26. The van der Waals surface area contributed by atoms with Gasteiger partial charge in [0.1, 0.15) is 5.75 Å². The molecule has 160 valence electrons. The third-order valence-corrected chi connectivity index (χ3v) is 5.10. The van der Waals surface area contributed by atoms with Crippen LogP contribution in [0, 0.1) is 5.92 Å². The van der Waals surface area contributed by atoms with Crippen LogP contribution in [0.4, 0.5) is 0 Å². The maximum absolute atomic E-state index is 5.75. The van der Waals surface area contributed by atoms with Gasteiger partial charge < -0.3 is 15.0 Å². The molecule has 0 radical (unpaired) electrons. The second kappa shape index (κ2) is 11.4. The van der Waals surface area contributed by atoms with Crippen LogP contribution in [0.2, 0.25) is 0 Å². The van der Waals surface area contributed by atoms with Crippen LogP contribution in [0.5, 0.6) is 5.75 Å². The van der Waals surface area contributed by atoms with Gasteiger partial charge in [-0.2, -0.15) is 5.10 Å². The topological polar surface area (TPSA) is 54.7 Å². The van der Waals surface area contributed by atoms with E-state index in [1.165, 1.54) is 11.1 Å². The number of guanidine groups is 1. The van der Waals surface area contributed by atoms with E-state index in [1.807, 2.05) is 25.0 Å². The van der Waals surface area contributed by atoms with Crippen molar-refractivity contribution < 1.29 is 4.74 Å². The van der Waals surface area contributed by atoms with Crippen molar-refractivity contribution in [2.24, 2.45) is 18.0 Å². The quantitative estimate of drug-likeness (QED) is 0.350. The molecule has 6 nitrogen and oxygen atoms in total. The maximum Gasteiger partial charge on any atom is 0.193 e. The molecule has 1 saturated heterocycles. The second-order valence-corrected chi connectivity index (χ2v) is 7.95. The summed E-state index contributed by atoms with van der Waals surface area (Å²) in [5.41, 5.74) is 2.62. The van der Waals surface area contributed by atoms with Crippen molar-refractivity contribution in [3.63, 3.8) is 0 Å². The number of aliphatic imine (C=N–C) groups is 1. The van der Waals surface area contributed by atoms with E-state index < -0.39 is 0 Å². The number of hydrogen-bond acceptors (Lipinski definition) is 3. The molecule has 1 unspecified atom stereocenters. The number of rotatable bonds is 7. The van der Waals surface area contributed by atoms with Gasteiger partial charge in [-0.15, -0.1) is 24.0 Å². The Morgan fingerprint density at radius 2 is 2.07 bits per heavy atom. The number of likely N-dealkylation sites (tertiary alicyclic amines) is 1. The fraction of sp³-hybridized carbons (Fsp3) is 0.545. The Kier molecular flexibility index (Phi) is 9.26. The van der Waals surface area contributed by atoms with Crippen LogP contribution in [-0.4, -0.2) is 53.9 Å². The predicted molar refractivity (Wildman–Crippen MR) is 129 cm³/mol. The number of aromatic nitrogens is 2. The molecule has 2 heterocycles. The average molecular weight is 511 g/mol. The lowest BCUT2D eigenvalue weighted by Gasteiger charge is -2.21. The third kappa shape index (κ3) is 6.90. The number of ether oxygens (including phenoxy) is 1. The fourth-order valence-corrected chi connectivity index (χ4v) is 3.54. The van der Waals surface area contributed by atoms with Crippen LogP contribution in [-0.2, 0) is 13.5 Å². The Morgan fingerprint density at radius 1 is 1.31 bits per heavy atom. The molecule has 2 aromatic rings. The Morgan fingerprint density at radius 3 is 2.69 bits per heavy atom. The summed E-state index contributed by atoms with van der Waals surface area (Å²) in [5, 5.41) is 7.82. The Hall–Kier alpha value is -1.77. The molecule has 1 fully saturated rings. The van der Waals surface area contributed by atoms with Crippen LogP contribution in [0.25, 0.3) is 0 Å². The number of nitrogens with one attached hydrogen (secondary N) is 1. The number of benzene rings is 1. The SMILES string of the molecule is CN=C(NCCc1ccc(OCC(C)C)cc1)N1CCC(c2cnn(C)c2)C1.I. The summed E-state index contributed by atoms with van der Waals surface area (Å²) in [6.07, 6.45) is 6.21. The predicted octanol–water partition coefficient (Wildman–Crippen LogP) is 3.68. The minimum atomic E-state index is 0. The van der Waals surface area contributed by atoms with E-state index in [1.54, 1.807) is 0 Å². The van der Waals surface area contributed by atoms with Crippen LogP contribution in [0.15, 0.2) is 41.7 Å². The second-order valence-electron chi connectivity index (χ2n) is 7.95. The fourth-order valence-electron chi connectivity index (χ4n) is 3.54. The van der Waals surface area contributed by atoms with E-state index >= 15 is 0 Å². The van der Waals surface area contributed by atoms with Gasteiger partial charge in [-0.05, 0) is 42.0 Å². The van der Waals surface area contributed by atoms with E-state index in [-0.39, 0.29) is 24.0 Å². The average Bonchev–Trinajstić information content (AvgIpc) is 3.33. The number of halogens is 1. The molecule has 1 aliphatic heterocycles. The highest BCUT2D eigenvalue weighted by molar-refractivity contribution is 14.0. The van der Waals surface area contributed by atoms with Gasteiger partial charge in [-0.25, -0.2) is 0 Å². The normalized spacial score (nSPS) is 16.8. The maximum atomic E-state index is 5.75. The third-order valence-electron chi connectivity index (χ3n) is 5.10. The van der Waals surface area contributed by atoms with Gasteiger partial charge >= 0.3 is 0 Å². The smallest absolute Gasteiger partial charge is 0.193 e. The number of aryl methyl sites for hydroxylation is 1. The highest BCUT2D eigenvalue weighted by Gasteiger charge is 2.26. The molecule has 0 saturated carbocycles. The monoisotopic (exact) mass is 511 g/mol. The Labute approximate surface area is 191 Å². The summed E-state index contributed by atoms with van der Waals surface area (Å²) in [7, 11) is 3.83. The van der Waals surface area contributed by atoms with Crippen LogP contribution in [0.3, 0.4) is 0 Å². The molecule has 0 aliphatic carbocycles. The first kappa shape index (κ1) is 23.5. The summed E-state index contributed by atoms with van der Waals surface area (Å²) in [6, 6.07) is 8.42. The lowest BCUT2D eigenvalue weighted by atomic mass is 10.0. The first-order chi connectivity index (χ1) is 13.5. The van der Waals surface area contributed by atoms with Crippen molar-refractivity contribution in [1.29, 1.82) is 0 Å². The Bertz CT molecular complexity index is 772. The summed E-state index contributed by atoms with van der Waals surface area (Å²) < 4.78 is 7.63. The van der Waals surface area contributed by atoms with Gasteiger partial charge in [-0.1, -0.05) is 26.0 Å². The highest BCUT2D eigenvalue weighted by atomic mass is 127. The van der Waals surface area contributed by atoms with E-state index in [0.717, 1.165) is 50.8 Å². The number of nitrogens with zero attached hydrogens (tertiary/aromatic N) is 4.